The molecule has 0 unspecified atom stereocenters. The second-order valence-electron chi connectivity index (χ2n) is 5.05. The van der Waals surface area contributed by atoms with Crippen LogP contribution in [0.1, 0.15) is 22.6 Å². The van der Waals surface area contributed by atoms with E-state index in [1.165, 1.54) is 10.9 Å². The van der Waals surface area contributed by atoms with Crippen LogP contribution < -0.4 is 10.6 Å². The summed E-state index contributed by atoms with van der Waals surface area (Å²) in [6, 6.07) is 5.18. The van der Waals surface area contributed by atoms with Gasteiger partial charge in [0.05, 0.1) is 17.7 Å². The molecule has 132 valence electrons. The SMILES string of the molecule is CN=C(NCCCc1ccc(Br)cc1F)NCc1scnc1C.I. The van der Waals surface area contributed by atoms with Crippen molar-refractivity contribution in [3.63, 3.8) is 0 Å². The highest BCUT2D eigenvalue weighted by molar-refractivity contribution is 14.0. The van der Waals surface area contributed by atoms with Gasteiger partial charge in [-0.2, -0.15) is 0 Å². The van der Waals surface area contributed by atoms with Gasteiger partial charge in [0.25, 0.3) is 0 Å². The maximum Gasteiger partial charge on any atom is 0.191 e. The predicted molar refractivity (Wildman–Crippen MR) is 113 cm³/mol. The highest BCUT2D eigenvalue weighted by atomic mass is 127. The zero-order valence-corrected chi connectivity index (χ0v) is 18.3. The lowest BCUT2D eigenvalue weighted by Crippen LogP contribution is -2.37. The molecule has 1 aromatic heterocycles. The molecule has 0 aliphatic carbocycles. The number of benzene rings is 1. The molecule has 0 saturated carbocycles. The van der Waals surface area contributed by atoms with Crippen molar-refractivity contribution in [1.29, 1.82) is 0 Å². The molecule has 0 fully saturated rings. The van der Waals surface area contributed by atoms with Crippen molar-refractivity contribution in [2.45, 2.75) is 26.3 Å². The molecule has 2 N–H and O–H groups in total. The average molecular weight is 527 g/mol. The number of halogens is 3. The summed E-state index contributed by atoms with van der Waals surface area (Å²) < 4.78 is 14.5. The molecular weight excluding hydrogens is 506 g/mol. The fraction of sp³-hybridized carbons (Fsp3) is 0.375. The first-order chi connectivity index (χ1) is 11.1. The van der Waals surface area contributed by atoms with Crippen LogP contribution in [0.3, 0.4) is 0 Å². The van der Waals surface area contributed by atoms with Crippen LogP contribution in [0.15, 0.2) is 33.2 Å². The quantitative estimate of drug-likeness (QED) is 0.256. The van der Waals surface area contributed by atoms with Gasteiger partial charge in [-0.3, -0.25) is 4.99 Å². The van der Waals surface area contributed by atoms with Crippen molar-refractivity contribution in [3.8, 4) is 0 Å². The third-order valence-electron chi connectivity index (χ3n) is 3.42. The fourth-order valence-corrected chi connectivity index (χ4v) is 3.14. The number of hydrogen-bond donors (Lipinski definition) is 2. The van der Waals surface area contributed by atoms with E-state index in [0.717, 1.165) is 34.7 Å². The molecule has 0 spiro atoms. The molecule has 2 rings (SSSR count). The Kier molecular flexibility index (Phi) is 9.75. The number of aliphatic imine (C=N–C) groups is 1. The minimum atomic E-state index is -0.164. The summed E-state index contributed by atoms with van der Waals surface area (Å²) in [5, 5.41) is 6.50. The lowest BCUT2D eigenvalue weighted by Gasteiger charge is -2.11. The molecule has 1 aromatic carbocycles. The molecular formula is C16H21BrFIN4S. The van der Waals surface area contributed by atoms with Gasteiger partial charge >= 0.3 is 0 Å². The predicted octanol–water partition coefficient (Wildman–Crippen LogP) is 4.27. The molecule has 1 heterocycles. The lowest BCUT2D eigenvalue weighted by molar-refractivity contribution is 0.602. The molecule has 0 saturated heterocycles. The molecule has 0 aliphatic rings. The molecule has 0 atom stereocenters. The van der Waals surface area contributed by atoms with Crippen molar-refractivity contribution >= 4 is 57.2 Å². The van der Waals surface area contributed by atoms with Crippen molar-refractivity contribution in [2.75, 3.05) is 13.6 Å². The topological polar surface area (TPSA) is 49.3 Å². The number of thiazole rings is 1. The van der Waals surface area contributed by atoms with Crippen LogP contribution in [0.25, 0.3) is 0 Å². The minimum Gasteiger partial charge on any atom is -0.356 e. The monoisotopic (exact) mass is 526 g/mol. The Morgan fingerprint density at radius 1 is 1.38 bits per heavy atom. The normalized spacial score (nSPS) is 11.1. The third-order valence-corrected chi connectivity index (χ3v) is 4.84. The number of rotatable bonds is 6. The van der Waals surface area contributed by atoms with Gasteiger partial charge in [-0.15, -0.1) is 35.3 Å². The van der Waals surface area contributed by atoms with E-state index in [1.54, 1.807) is 18.4 Å². The summed E-state index contributed by atoms with van der Waals surface area (Å²) in [6.45, 7) is 3.44. The van der Waals surface area contributed by atoms with Crippen LogP contribution in [-0.4, -0.2) is 24.5 Å². The Labute approximate surface area is 171 Å². The zero-order valence-electron chi connectivity index (χ0n) is 13.6. The van der Waals surface area contributed by atoms with E-state index in [1.807, 2.05) is 24.6 Å². The maximum absolute atomic E-state index is 13.7. The van der Waals surface area contributed by atoms with E-state index >= 15 is 0 Å². The van der Waals surface area contributed by atoms with Gasteiger partial charge in [0.2, 0.25) is 0 Å². The maximum atomic E-state index is 13.7. The van der Waals surface area contributed by atoms with Crippen LogP contribution >= 0.6 is 51.2 Å². The summed E-state index contributed by atoms with van der Waals surface area (Å²) >= 11 is 4.89. The molecule has 2 aromatic rings. The number of aryl methyl sites for hydroxylation is 2. The first-order valence-corrected chi connectivity index (χ1v) is 9.05. The summed E-state index contributed by atoms with van der Waals surface area (Å²) in [4.78, 5) is 9.61. The van der Waals surface area contributed by atoms with Gasteiger partial charge in [0.1, 0.15) is 5.82 Å². The van der Waals surface area contributed by atoms with E-state index in [-0.39, 0.29) is 29.8 Å². The lowest BCUT2D eigenvalue weighted by atomic mass is 10.1. The number of aromatic nitrogens is 1. The first kappa shape index (κ1) is 21.3. The average Bonchev–Trinajstić information content (AvgIpc) is 2.93. The number of nitrogens with zero attached hydrogens (tertiary/aromatic N) is 2. The van der Waals surface area contributed by atoms with Crippen LogP contribution in [0.5, 0.6) is 0 Å². The summed E-state index contributed by atoms with van der Waals surface area (Å²) in [5.41, 5.74) is 3.62. The number of nitrogens with one attached hydrogen (secondary N) is 2. The molecule has 0 radical (unpaired) electrons. The minimum absolute atomic E-state index is 0. The van der Waals surface area contributed by atoms with E-state index < -0.39 is 0 Å². The molecule has 0 bridgehead atoms. The summed E-state index contributed by atoms with van der Waals surface area (Å²) in [6.07, 6.45) is 1.52. The number of hydrogen-bond acceptors (Lipinski definition) is 3. The molecule has 0 amide bonds. The Bertz CT molecular complexity index is 678. The van der Waals surface area contributed by atoms with Crippen LogP contribution in [0.2, 0.25) is 0 Å². The molecule has 8 heteroatoms. The van der Waals surface area contributed by atoms with E-state index in [4.69, 9.17) is 0 Å². The van der Waals surface area contributed by atoms with Crippen LogP contribution in [-0.2, 0) is 13.0 Å². The van der Waals surface area contributed by atoms with Gasteiger partial charge in [-0.25, -0.2) is 9.37 Å². The highest BCUT2D eigenvalue weighted by Crippen LogP contribution is 2.16. The van der Waals surface area contributed by atoms with Gasteiger partial charge in [-0.1, -0.05) is 22.0 Å². The Morgan fingerprint density at radius 3 is 2.79 bits per heavy atom. The van der Waals surface area contributed by atoms with Gasteiger partial charge in [0, 0.05) is 22.9 Å². The largest absolute Gasteiger partial charge is 0.356 e. The second kappa shape index (κ2) is 11.0. The Hall–Kier alpha value is -0.740. The van der Waals surface area contributed by atoms with Crippen molar-refractivity contribution in [3.05, 3.63) is 50.1 Å². The van der Waals surface area contributed by atoms with E-state index in [9.17, 15) is 4.39 Å². The second-order valence-corrected chi connectivity index (χ2v) is 6.91. The van der Waals surface area contributed by atoms with Gasteiger partial charge in [0.15, 0.2) is 5.96 Å². The van der Waals surface area contributed by atoms with Crippen LogP contribution in [0, 0.1) is 12.7 Å². The summed E-state index contributed by atoms with van der Waals surface area (Å²) in [5.74, 6) is 0.580. The van der Waals surface area contributed by atoms with Gasteiger partial charge in [-0.05, 0) is 37.5 Å². The van der Waals surface area contributed by atoms with E-state index in [0.29, 0.717) is 13.0 Å². The fourth-order valence-electron chi connectivity index (χ4n) is 2.09. The third kappa shape index (κ3) is 6.64. The first-order valence-electron chi connectivity index (χ1n) is 7.37. The van der Waals surface area contributed by atoms with Crippen molar-refractivity contribution in [2.24, 2.45) is 4.99 Å². The zero-order chi connectivity index (χ0) is 16.7. The number of guanidine groups is 1. The molecule has 24 heavy (non-hydrogen) atoms. The smallest absolute Gasteiger partial charge is 0.191 e. The highest BCUT2D eigenvalue weighted by Gasteiger charge is 2.05. The Morgan fingerprint density at radius 2 is 2.17 bits per heavy atom. The summed E-state index contributed by atoms with van der Waals surface area (Å²) in [7, 11) is 1.74. The Balaban J connectivity index is 0.00000288. The standard InChI is InChI=1S/C16H20BrFN4S.HI/c1-11-15(23-10-22-11)9-21-16(19-2)20-7-3-4-12-5-6-13(17)8-14(12)18;/h5-6,8,10H,3-4,7,9H2,1-2H3,(H2,19,20,21);1H. The van der Waals surface area contributed by atoms with Crippen molar-refractivity contribution < 1.29 is 4.39 Å². The van der Waals surface area contributed by atoms with Gasteiger partial charge < -0.3 is 10.6 Å². The molecule has 4 nitrogen and oxygen atoms in total. The van der Waals surface area contributed by atoms with E-state index in [2.05, 4.69) is 36.5 Å². The van der Waals surface area contributed by atoms with Crippen molar-refractivity contribution in [1.82, 2.24) is 15.6 Å². The molecule has 0 aliphatic heterocycles. The van der Waals surface area contributed by atoms with Crippen LogP contribution in [0.4, 0.5) is 4.39 Å².